The molecule has 0 spiro atoms. The molecule has 0 amide bonds. The first-order chi connectivity index (χ1) is 9.79. The van der Waals surface area contributed by atoms with Gasteiger partial charge in [-0.15, -0.1) is 0 Å². The summed E-state index contributed by atoms with van der Waals surface area (Å²) in [7, 11) is 0. The van der Waals surface area contributed by atoms with Gasteiger partial charge < -0.3 is 10.0 Å². The molecule has 1 fully saturated rings. The van der Waals surface area contributed by atoms with E-state index in [1.165, 1.54) is 0 Å². The van der Waals surface area contributed by atoms with Crippen molar-refractivity contribution in [1.29, 1.82) is 0 Å². The van der Waals surface area contributed by atoms with E-state index in [0.717, 1.165) is 12.5 Å². The largest absolute Gasteiger partial charge is 0.478 e. The summed E-state index contributed by atoms with van der Waals surface area (Å²) < 4.78 is 13.7. The molecule has 1 aromatic carbocycles. The fourth-order valence-electron chi connectivity index (χ4n) is 2.97. The Labute approximate surface area is 121 Å². The summed E-state index contributed by atoms with van der Waals surface area (Å²) in [4.78, 5) is 23.3. The van der Waals surface area contributed by atoms with Crippen LogP contribution in [-0.4, -0.2) is 29.1 Å². The molecule has 2 unspecified atom stereocenters. The molecule has 1 aliphatic rings. The standard InChI is InChI=1S/C14H17FN2O4/c1-8-3-9(2)7-16(6-8)12-4-10(14(18)19)11(15)5-13(12)17(20)21/h4-5,8-9H,3,6-7H2,1-2H3,(H,18,19). The fraction of sp³-hybridized carbons (Fsp3) is 0.500. The highest BCUT2D eigenvalue weighted by Crippen LogP contribution is 2.35. The molecular formula is C14H17FN2O4. The smallest absolute Gasteiger partial charge is 0.338 e. The van der Waals surface area contributed by atoms with E-state index < -0.39 is 22.3 Å². The van der Waals surface area contributed by atoms with Gasteiger partial charge >= 0.3 is 5.97 Å². The van der Waals surface area contributed by atoms with Crippen LogP contribution in [0.25, 0.3) is 0 Å². The lowest BCUT2D eigenvalue weighted by atomic mass is 9.91. The molecular weight excluding hydrogens is 279 g/mol. The maximum atomic E-state index is 13.7. The number of aromatic carboxylic acids is 1. The second-order valence-corrected chi connectivity index (χ2v) is 5.73. The predicted molar refractivity (Wildman–Crippen MR) is 75.2 cm³/mol. The number of benzene rings is 1. The monoisotopic (exact) mass is 296 g/mol. The van der Waals surface area contributed by atoms with Crippen molar-refractivity contribution in [1.82, 2.24) is 0 Å². The zero-order valence-corrected chi connectivity index (χ0v) is 11.9. The molecule has 114 valence electrons. The van der Waals surface area contributed by atoms with Crippen molar-refractivity contribution >= 4 is 17.3 Å². The molecule has 2 atom stereocenters. The highest BCUT2D eigenvalue weighted by Gasteiger charge is 2.29. The summed E-state index contributed by atoms with van der Waals surface area (Å²) in [5, 5.41) is 20.1. The number of anilines is 1. The number of piperidine rings is 1. The maximum absolute atomic E-state index is 13.7. The minimum atomic E-state index is -1.43. The van der Waals surface area contributed by atoms with E-state index >= 15 is 0 Å². The molecule has 1 N–H and O–H groups in total. The Morgan fingerprint density at radius 1 is 1.38 bits per heavy atom. The van der Waals surface area contributed by atoms with E-state index in [4.69, 9.17) is 5.11 Å². The number of rotatable bonds is 3. The number of nitro benzene ring substituents is 1. The first kappa shape index (κ1) is 15.2. The molecule has 0 bridgehead atoms. The molecule has 1 aromatic rings. The van der Waals surface area contributed by atoms with Crippen LogP contribution in [0.1, 0.15) is 30.6 Å². The number of carboxylic acid groups (broad SMARTS) is 1. The van der Waals surface area contributed by atoms with Gasteiger partial charge in [0.15, 0.2) is 0 Å². The lowest BCUT2D eigenvalue weighted by Crippen LogP contribution is -2.39. The Kier molecular flexibility index (Phi) is 4.11. The van der Waals surface area contributed by atoms with E-state index in [1.54, 1.807) is 4.90 Å². The molecule has 6 nitrogen and oxygen atoms in total. The molecule has 21 heavy (non-hydrogen) atoms. The average Bonchev–Trinajstić information content (AvgIpc) is 2.36. The zero-order valence-electron chi connectivity index (χ0n) is 11.9. The van der Waals surface area contributed by atoms with Crippen molar-refractivity contribution in [3.8, 4) is 0 Å². The third-order valence-electron chi connectivity index (χ3n) is 3.70. The molecule has 0 aliphatic carbocycles. The second kappa shape index (κ2) is 5.67. The Morgan fingerprint density at radius 2 is 1.95 bits per heavy atom. The van der Waals surface area contributed by atoms with Gasteiger partial charge in [0.25, 0.3) is 5.69 Å². The number of halogens is 1. The number of nitro groups is 1. The van der Waals surface area contributed by atoms with Gasteiger partial charge in [-0.1, -0.05) is 13.8 Å². The van der Waals surface area contributed by atoms with Crippen LogP contribution in [0, 0.1) is 27.8 Å². The minimum Gasteiger partial charge on any atom is -0.478 e. The van der Waals surface area contributed by atoms with Crippen molar-refractivity contribution < 1.29 is 19.2 Å². The summed E-state index contributed by atoms with van der Waals surface area (Å²) in [6, 6.07) is 1.77. The van der Waals surface area contributed by atoms with Gasteiger partial charge in [-0.25, -0.2) is 9.18 Å². The second-order valence-electron chi connectivity index (χ2n) is 5.73. The number of hydrogen-bond acceptors (Lipinski definition) is 4. The van der Waals surface area contributed by atoms with Crippen LogP contribution in [0.15, 0.2) is 12.1 Å². The van der Waals surface area contributed by atoms with E-state index in [9.17, 15) is 19.3 Å². The van der Waals surface area contributed by atoms with Crippen LogP contribution < -0.4 is 4.90 Å². The van der Waals surface area contributed by atoms with E-state index in [-0.39, 0.29) is 11.4 Å². The Hall–Kier alpha value is -2.18. The van der Waals surface area contributed by atoms with E-state index in [2.05, 4.69) is 0 Å². The van der Waals surface area contributed by atoms with Crippen molar-refractivity contribution in [2.75, 3.05) is 18.0 Å². The number of hydrogen-bond donors (Lipinski definition) is 1. The number of carbonyl (C=O) groups is 1. The molecule has 0 radical (unpaired) electrons. The van der Waals surface area contributed by atoms with Crippen LogP contribution >= 0.6 is 0 Å². The normalized spacial score (nSPS) is 22.1. The van der Waals surface area contributed by atoms with E-state index in [1.807, 2.05) is 13.8 Å². The summed E-state index contributed by atoms with van der Waals surface area (Å²) in [6.07, 6.45) is 1.01. The van der Waals surface area contributed by atoms with Gasteiger partial charge in [0, 0.05) is 13.1 Å². The summed E-state index contributed by atoms with van der Waals surface area (Å²) in [5.41, 5.74) is -0.752. The Morgan fingerprint density at radius 3 is 2.43 bits per heavy atom. The maximum Gasteiger partial charge on any atom is 0.338 e. The van der Waals surface area contributed by atoms with Gasteiger partial charge in [-0.3, -0.25) is 10.1 Å². The van der Waals surface area contributed by atoms with Gasteiger partial charge in [0.1, 0.15) is 11.5 Å². The van der Waals surface area contributed by atoms with Crippen LogP contribution in [0.4, 0.5) is 15.8 Å². The molecule has 1 aliphatic heterocycles. The molecule has 0 aromatic heterocycles. The van der Waals surface area contributed by atoms with Gasteiger partial charge in [-0.2, -0.15) is 0 Å². The van der Waals surface area contributed by atoms with Crippen LogP contribution in [0.2, 0.25) is 0 Å². The van der Waals surface area contributed by atoms with E-state index in [0.29, 0.717) is 31.0 Å². The molecule has 2 rings (SSSR count). The topological polar surface area (TPSA) is 83.7 Å². The number of carboxylic acids is 1. The minimum absolute atomic E-state index is 0.178. The van der Waals surface area contributed by atoms with Crippen LogP contribution in [-0.2, 0) is 0 Å². The predicted octanol–water partition coefficient (Wildman–Crippen LogP) is 2.91. The van der Waals surface area contributed by atoms with Crippen molar-refractivity contribution in [2.45, 2.75) is 20.3 Å². The lowest BCUT2D eigenvalue weighted by molar-refractivity contribution is -0.384. The van der Waals surface area contributed by atoms with Crippen molar-refractivity contribution in [2.24, 2.45) is 11.8 Å². The highest BCUT2D eigenvalue weighted by atomic mass is 19.1. The van der Waals surface area contributed by atoms with Crippen molar-refractivity contribution in [3.63, 3.8) is 0 Å². The fourth-order valence-corrected chi connectivity index (χ4v) is 2.97. The van der Waals surface area contributed by atoms with Crippen LogP contribution in [0.5, 0.6) is 0 Å². The zero-order chi connectivity index (χ0) is 15.7. The van der Waals surface area contributed by atoms with Crippen molar-refractivity contribution in [3.05, 3.63) is 33.6 Å². The van der Waals surface area contributed by atoms with Crippen LogP contribution in [0.3, 0.4) is 0 Å². The summed E-state index contributed by atoms with van der Waals surface area (Å²) in [6.45, 7) is 5.26. The SMILES string of the molecule is CC1CC(C)CN(c2cc(C(=O)O)c(F)cc2[N+](=O)[O-])C1. The quantitative estimate of drug-likeness (QED) is 0.685. The summed E-state index contributed by atoms with van der Waals surface area (Å²) >= 11 is 0. The Bertz CT molecular complexity index is 581. The lowest BCUT2D eigenvalue weighted by Gasteiger charge is -2.36. The molecule has 1 saturated heterocycles. The first-order valence-electron chi connectivity index (χ1n) is 6.75. The van der Waals surface area contributed by atoms with Gasteiger partial charge in [-0.05, 0) is 24.3 Å². The first-order valence-corrected chi connectivity index (χ1v) is 6.75. The Balaban J connectivity index is 2.51. The third kappa shape index (κ3) is 3.12. The third-order valence-corrected chi connectivity index (χ3v) is 3.70. The number of nitrogens with zero attached hydrogens (tertiary/aromatic N) is 2. The van der Waals surface area contributed by atoms with Gasteiger partial charge in [0.05, 0.1) is 16.6 Å². The average molecular weight is 296 g/mol. The molecule has 7 heteroatoms. The molecule has 1 heterocycles. The van der Waals surface area contributed by atoms with Gasteiger partial charge in [0.2, 0.25) is 0 Å². The highest BCUT2D eigenvalue weighted by molar-refractivity contribution is 5.90. The molecule has 0 saturated carbocycles. The summed E-state index contributed by atoms with van der Waals surface area (Å²) in [5.74, 6) is -1.84.